The highest BCUT2D eigenvalue weighted by molar-refractivity contribution is 5.77. The summed E-state index contributed by atoms with van der Waals surface area (Å²) >= 11 is 0. The molecule has 4 nitrogen and oxygen atoms in total. The molecular formula is C23H27N2O2+. The predicted molar refractivity (Wildman–Crippen MR) is 106 cm³/mol. The number of aryl methyl sites for hydroxylation is 1. The predicted octanol–water partition coefficient (Wildman–Crippen LogP) is 3.37. The van der Waals surface area contributed by atoms with E-state index < -0.39 is 0 Å². The van der Waals surface area contributed by atoms with Crippen molar-refractivity contribution >= 4 is 5.91 Å². The molecule has 1 heterocycles. The van der Waals surface area contributed by atoms with Crippen LogP contribution in [0.15, 0.2) is 77.4 Å². The summed E-state index contributed by atoms with van der Waals surface area (Å²) in [5.41, 5.74) is 3.53. The first-order chi connectivity index (χ1) is 13.2. The van der Waals surface area contributed by atoms with Gasteiger partial charge in [0.2, 0.25) is 0 Å². The van der Waals surface area contributed by atoms with Gasteiger partial charge in [0.25, 0.3) is 5.91 Å². The highest BCUT2D eigenvalue weighted by atomic mass is 16.3. The van der Waals surface area contributed by atoms with Gasteiger partial charge in [-0.25, -0.2) is 0 Å². The quantitative estimate of drug-likeness (QED) is 0.645. The standard InChI is InChI=1S/C23H26N2O2/c1-3-18-11-13-19(14-12-18)17(2)25-22(26)16-24-23(21-10-7-15-27-21)20-8-5-4-6-9-20/h4-15,17,23-24H,3,16H2,1-2H3,(H,25,26)/p+1/t17-,23+/m1/s1. The molecular weight excluding hydrogens is 336 g/mol. The Hall–Kier alpha value is -2.85. The van der Waals surface area contributed by atoms with Gasteiger partial charge < -0.3 is 15.1 Å². The summed E-state index contributed by atoms with van der Waals surface area (Å²) in [5.74, 6) is 0.853. The van der Waals surface area contributed by atoms with Gasteiger partial charge >= 0.3 is 0 Å². The summed E-state index contributed by atoms with van der Waals surface area (Å²) < 4.78 is 5.59. The Morgan fingerprint density at radius 2 is 1.74 bits per heavy atom. The Morgan fingerprint density at radius 3 is 2.37 bits per heavy atom. The van der Waals surface area contributed by atoms with Gasteiger partial charge in [-0.3, -0.25) is 4.79 Å². The number of furan rings is 1. The molecule has 1 amide bonds. The first-order valence-electron chi connectivity index (χ1n) is 9.47. The van der Waals surface area contributed by atoms with Crippen LogP contribution in [0.5, 0.6) is 0 Å². The first-order valence-corrected chi connectivity index (χ1v) is 9.47. The SMILES string of the molecule is CCc1ccc([C@@H](C)NC(=O)C[NH2+][C@@H](c2ccccc2)c2ccco2)cc1. The molecule has 0 aliphatic carbocycles. The van der Waals surface area contributed by atoms with E-state index in [1.54, 1.807) is 6.26 Å². The maximum Gasteiger partial charge on any atom is 0.275 e. The number of hydrogen-bond acceptors (Lipinski definition) is 2. The Bertz CT molecular complexity index is 827. The molecule has 3 aromatic rings. The van der Waals surface area contributed by atoms with Gasteiger partial charge in [-0.15, -0.1) is 0 Å². The Balaban J connectivity index is 1.60. The summed E-state index contributed by atoms with van der Waals surface area (Å²) in [6.07, 6.45) is 2.69. The Kier molecular flexibility index (Phi) is 6.44. The first kappa shape index (κ1) is 18.9. The van der Waals surface area contributed by atoms with Gasteiger partial charge in [-0.1, -0.05) is 61.5 Å². The van der Waals surface area contributed by atoms with Crippen molar-refractivity contribution in [3.63, 3.8) is 0 Å². The van der Waals surface area contributed by atoms with E-state index in [0.717, 1.165) is 23.3 Å². The molecule has 4 heteroatoms. The molecule has 0 spiro atoms. The number of amides is 1. The van der Waals surface area contributed by atoms with Crippen molar-refractivity contribution in [3.05, 3.63) is 95.4 Å². The van der Waals surface area contributed by atoms with E-state index in [0.29, 0.717) is 6.54 Å². The third-order valence-electron chi connectivity index (χ3n) is 4.81. The normalized spacial score (nSPS) is 13.1. The minimum absolute atomic E-state index is 0.00885. The van der Waals surface area contributed by atoms with Crippen LogP contribution in [0, 0.1) is 0 Å². The Labute approximate surface area is 160 Å². The van der Waals surface area contributed by atoms with Crippen LogP contribution in [0.2, 0.25) is 0 Å². The summed E-state index contributed by atoms with van der Waals surface area (Å²) in [7, 11) is 0. The minimum Gasteiger partial charge on any atom is -0.463 e. The highest BCUT2D eigenvalue weighted by Gasteiger charge is 2.22. The molecule has 0 aliphatic rings. The number of hydrogen-bond donors (Lipinski definition) is 2. The fraction of sp³-hybridized carbons (Fsp3) is 0.261. The molecule has 0 unspecified atom stereocenters. The minimum atomic E-state index is -0.0360. The lowest BCUT2D eigenvalue weighted by molar-refractivity contribution is -0.678. The number of rotatable bonds is 8. The van der Waals surface area contributed by atoms with E-state index in [1.165, 1.54) is 5.56 Å². The number of benzene rings is 2. The Morgan fingerprint density at radius 1 is 1.00 bits per heavy atom. The van der Waals surface area contributed by atoms with Crippen molar-refractivity contribution in [3.8, 4) is 0 Å². The molecule has 0 radical (unpaired) electrons. The lowest BCUT2D eigenvalue weighted by Crippen LogP contribution is -2.87. The second kappa shape index (κ2) is 9.19. The van der Waals surface area contributed by atoms with Crippen LogP contribution < -0.4 is 10.6 Å². The van der Waals surface area contributed by atoms with E-state index in [2.05, 4.69) is 48.6 Å². The molecule has 0 saturated heterocycles. The smallest absolute Gasteiger partial charge is 0.275 e. The average molecular weight is 363 g/mol. The molecule has 140 valence electrons. The fourth-order valence-electron chi connectivity index (χ4n) is 3.20. The summed E-state index contributed by atoms with van der Waals surface area (Å²) in [6.45, 7) is 4.48. The largest absolute Gasteiger partial charge is 0.463 e. The van der Waals surface area contributed by atoms with E-state index in [4.69, 9.17) is 4.42 Å². The topological polar surface area (TPSA) is 58.9 Å². The zero-order valence-electron chi connectivity index (χ0n) is 15.9. The molecule has 3 rings (SSSR count). The summed E-state index contributed by atoms with van der Waals surface area (Å²) in [5, 5.41) is 5.10. The molecule has 2 aromatic carbocycles. The van der Waals surface area contributed by atoms with E-state index in [-0.39, 0.29) is 18.0 Å². The summed E-state index contributed by atoms with van der Waals surface area (Å²) in [4.78, 5) is 12.5. The van der Waals surface area contributed by atoms with Crippen LogP contribution in [0.1, 0.15) is 48.4 Å². The van der Waals surface area contributed by atoms with Gasteiger partial charge in [0.15, 0.2) is 18.3 Å². The van der Waals surface area contributed by atoms with Crippen molar-refractivity contribution in [1.29, 1.82) is 0 Å². The molecule has 0 saturated carbocycles. The molecule has 2 atom stereocenters. The second-order valence-corrected chi connectivity index (χ2v) is 6.73. The maximum absolute atomic E-state index is 12.5. The number of quaternary nitrogens is 1. The maximum atomic E-state index is 12.5. The second-order valence-electron chi connectivity index (χ2n) is 6.73. The monoisotopic (exact) mass is 363 g/mol. The molecule has 0 aliphatic heterocycles. The molecule has 0 fully saturated rings. The van der Waals surface area contributed by atoms with Crippen molar-refractivity contribution in [2.45, 2.75) is 32.4 Å². The van der Waals surface area contributed by atoms with Crippen LogP contribution >= 0.6 is 0 Å². The van der Waals surface area contributed by atoms with Crippen molar-refractivity contribution in [2.24, 2.45) is 0 Å². The van der Waals surface area contributed by atoms with E-state index >= 15 is 0 Å². The molecule has 3 N–H and O–H groups in total. The molecule has 1 aromatic heterocycles. The number of nitrogens with two attached hydrogens (primary N) is 1. The van der Waals surface area contributed by atoms with Crippen molar-refractivity contribution < 1.29 is 14.5 Å². The summed E-state index contributed by atoms with van der Waals surface area (Å²) in [6, 6.07) is 22.3. The van der Waals surface area contributed by atoms with Crippen LogP contribution in [0.4, 0.5) is 0 Å². The number of carbonyl (C=O) groups excluding carboxylic acids is 1. The van der Waals surface area contributed by atoms with Crippen LogP contribution in [-0.2, 0) is 11.2 Å². The van der Waals surface area contributed by atoms with Crippen LogP contribution in [0.3, 0.4) is 0 Å². The van der Waals surface area contributed by atoms with E-state index in [9.17, 15) is 4.79 Å². The lowest BCUT2D eigenvalue weighted by atomic mass is 10.0. The van der Waals surface area contributed by atoms with Crippen molar-refractivity contribution in [2.75, 3.05) is 6.54 Å². The lowest BCUT2D eigenvalue weighted by Gasteiger charge is -2.17. The van der Waals surface area contributed by atoms with Gasteiger partial charge in [0.05, 0.1) is 12.3 Å². The van der Waals surface area contributed by atoms with Crippen LogP contribution in [-0.4, -0.2) is 12.5 Å². The number of nitrogens with one attached hydrogen (secondary N) is 1. The van der Waals surface area contributed by atoms with Gasteiger partial charge in [-0.2, -0.15) is 0 Å². The fourth-order valence-corrected chi connectivity index (χ4v) is 3.20. The van der Waals surface area contributed by atoms with E-state index in [1.807, 2.05) is 42.6 Å². The average Bonchev–Trinajstić information content (AvgIpc) is 3.23. The van der Waals surface area contributed by atoms with Gasteiger partial charge in [0, 0.05) is 5.56 Å². The van der Waals surface area contributed by atoms with Gasteiger partial charge in [0.1, 0.15) is 0 Å². The van der Waals surface area contributed by atoms with Crippen molar-refractivity contribution in [1.82, 2.24) is 5.32 Å². The van der Waals surface area contributed by atoms with Crippen LogP contribution in [0.25, 0.3) is 0 Å². The molecule has 27 heavy (non-hydrogen) atoms. The zero-order chi connectivity index (χ0) is 19.1. The number of carbonyl (C=O) groups is 1. The van der Waals surface area contributed by atoms with Gasteiger partial charge in [-0.05, 0) is 36.6 Å². The zero-order valence-corrected chi connectivity index (χ0v) is 15.9. The molecule has 0 bridgehead atoms. The third kappa shape index (κ3) is 5.08. The third-order valence-corrected chi connectivity index (χ3v) is 4.81. The highest BCUT2D eigenvalue weighted by Crippen LogP contribution is 2.18.